The maximum absolute atomic E-state index is 14.4. The van der Waals surface area contributed by atoms with Crippen LogP contribution in [0.3, 0.4) is 0 Å². The molecule has 1 atom stereocenters. The molecule has 1 unspecified atom stereocenters. The van der Waals surface area contributed by atoms with E-state index in [0.717, 1.165) is 61.1 Å². The second-order valence-electron chi connectivity index (χ2n) is 11.1. The first-order valence-corrected chi connectivity index (χ1v) is 14.8. The van der Waals surface area contributed by atoms with Gasteiger partial charge >= 0.3 is 0 Å². The van der Waals surface area contributed by atoms with Crippen LogP contribution in [0.1, 0.15) is 35.2 Å². The fraction of sp³-hybridized carbons (Fsp3) is 0.235. The fourth-order valence-corrected chi connectivity index (χ4v) is 5.90. The van der Waals surface area contributed by atoms with E-state index in [2.05, 4.69) is 32.3 Å². The third kappa shape index (κ3) is 6.13. The molecule has 6 rings (SSSR count). The lowest BCUT2D eigenvalue weighted by molar-refractivity contribution is -0.125. The highest BCUT2D eigenvalue weighted by Gasteiger charge is 2.27. The van der Waals surface area contributed by atoms with Crippen molar-refractivity contribution in [1.82, 2.24) is 30.0 Å². The third-order valence-corrected chi connectivity index (χ3v) is 8.11. The lowest BCUT2D eigenvalue weighted by atomic mass is 9.91. The predicted octanol–water partition coefficient (Wildman–Crippen LogP) is 4.83. The summed E-state index contributed by atoms with van der Waals surface area (Å²) in [5.74, 6) is -0.422. The summed E-state index contributed by atoms with van der Waals surface area (Å²) >= 11 is 0. The van der Waals surface area contributed by atoms with Gasteiger partial charge in [0.2, 0.25) is 0 Å². The van der Waals surface area contributed by atoms with Gasteiger partial charge in [0.25, 0.3) is 6.47 Å². The molecule has 5 aromatic rings. The van der Waals surface area contributed by atoms with Crippen LogP contribution in [0.25, 0.3) is 27.9 Å². The van der Waals surface area contributed by atoms with Crippen molar-refractivity contribution in [3.63, 3.8) is 0 Å². The fourth-order valence-electron chi connectivity index (χ4n) is 5.90. The molecular weight excluding hydrogens is 573 g/mol. The summed E-state index contributed by atoms with van der Waals surface area (Å²) in [6, 6.07) is 19.2. The lowest BCUT2D eigenvalue weighted by Gasteiger charge is -2.27. The number of nitrogens with one attached hydrogen (secondary N) is 1. The maximum atomic E-state index is 14.4. The first-order valence-electron chi connectivity index (χ1n) is 14.8. The van der Waals surface area contributed by atoms with Crippen molar-refractivity contribution in [2.45, 2.75) is 26.4 Å². The van der Waals surface area contributed by atoms with Crippen LogP contribution < -0.4 is 11.1 Å². The average molecular weight is 608 g/mol. The molecule has 0 radical (unpaired) electrons. The standard InChI is InChI=1S/C34H34FN7O3/c1-21-5-3-4-6-28(21)29(24-9-7-23(8-10-24)18-41-13-11-37-12-14-41)32(45-20-43)22(2)42-34-30(33(36)38-19-39-34)31(40-42)25-15-26(35)17-27(44)16-25/h3-10,15-17,19-20,22,37,44H,11-14,18H2,1-2H3,(H2,36,38,39)/b32-29-. The number of hydrogen-bond acceptors (Lipinski definition) is 9. The summed E-state index contributed by atoms with van der Waals surface area (Å²) in [6.45, 7) is 9.03. The smallest absolute Gasteiger partial charge is 0.298 e. The summed E-state index contributed by atoms with van der Waals surface area (Å²) in [5, 5.41) is 18.7. The molecule has 0 spiro atoms. The third-order valence-electron chi connectivity index (χ3n) is 8.11. The van der Waals surface area contributed by atoms with Crippen LogP contribution >= 0.6 is 0 Å². The number of halogens is 1. The van der Waals surface area contributed by atoms with E-state index in [4.69, 9.17) is 15.6 Å². The number of phenols is 1. The van der Waals surface area contributed by atoms with Gasteiger partial charge < -0.3 is 20.9 Å². The second kappa shape index (κ2) is 12.8. The molecule has 1 saturated heterocycles. The number of aryl methyl sites for hydroxylation is 1. The molecule has 10 nitrogen and oxygen atoms in total. The number of benzene rings is 3. The zero-order chi connectivity index (χ0) is 31.5. The van der Waals surface area contributed by atoms with Crippen LogP contribution in [-0.2, 0) is 16.1 Å². The summed E-state index contributed by atoms with van der Waals surface area (Å²) in [7, 11) is 0. The van der Waals surface area contributed by atoms with Gasteiger partial charge in [-0.25, -0.2) is 19.0 Å². The molecule has 0 aliphatic carbocycles. The van der Waals surface area contributed by atoms with Crippen molar-refractivity contribution >= 4 is 28.9 Å². The van der Waals surface area contributed by atoms with Gasteiger partial charge in [0.1, 0.15) is 41.2 Å². The number of carbonyl (C=O) groups is 1. The van der Waals surface area contributed by atoms with E-state index < -0.39 is 11.9 Å². The molecule has 0 saturated carbocycles. The van der Waals surface area contributed by atoms with Gasteiger partial charge in [-0.2, -0.15) is 5.10 Å². The van der Waals surface area contributed by atoms with Crippen molar-refractivity contribution in [3.05, 3.63) is 107 Å². The number of nitrogen functional groups attached to an aromatic ring is 1. The zero-order valence-electron chi connectivity index (χ0n) is 25.1. The van der Waals surface area contributed by atoms with Crippen molar-refractivity contribution in [2.75, 3.05) is 31.9 Å². The number of aromatic nitrogens is 4. The number of ether oxygens (including phenoxy) is 1. The molecule has 1 fully saturated rings. The van der Waals surface area contributed by atoms with E-state index in [9.17, 15) is 14.3 Å². The van der Waals surface area contributed by atoms with Crippen LogP contribution in [0.2, 0.25) is 0 Å². The van der Waals surface area contributed by atoms with Crippen molar-refractivity contribution in [3.8, 4) is 17.0 Å². The van der Waals surface area contributed by atoms with E-state index >= 15 is 0 Å². The average Bonchev–Trinajstić information content (AvgIpc) is 3.43. The van der Waals surface area contributed by atoms with Crippen LogP contribution in [0.4, 0.5) is 10.2 Å². The highest BCUT2D eigenvalue weighted by molar-refractivity contribution is 5.98. The maximum Gasteiger partial charge on any atom is 0.298 e. The number of nitrogens with zero attached hydrogens (tertiary/aromatic N) is 5. The Hall–Kier alpha value is -5.13. The number of piperazine rings is 1. The van der Waals surface area contributed by atoms with Crippen LogP contribution in [0.15, 0.2) is 78.8 Å². The molecule has 45 heavy (non-hydrogen) atoms. The summed E-state index contributed by atoms with van der Waals surface area (Å²) < 4.78 is 21.8. The highest BCUT2D eigenvalue weighted by atomic mass is 19.1. The number of fused-ring (bicyclic) bond motifs is 1. The zero-order valence-corrected chi connectivity index (χ0v) is 25.1. The predicted molar refractivity (Wildman–Crippen MR) is 170 cm³/mol. The molecular formula is C34H34FN7O3. The first kappa shape index (κ1) is 29.9. The minimum absolute atomic E-state index is 0.137. The normalized spacial score (nSPS) is 15.1. The number of aromatic hydroxyl groups is 1. The number of rotatable bonds is 9. The molecule has 1 aliphatic rings. The summed E-state index contributed by atoms with van der Waals surface area (Å²) in [4.78, 5) is 23.1. The Morgan fingerprint density at radius 3 is 2.58 bits per heavy atom. The number of phenolic OH excluding ortho intramolecular Hbond substituents is 1. The van der Waals surface area contributed by atoms with Crippen molar-refractivity contribution < 1.29 is 19.0 Å². The highest BCUT2D eigenvalue weighted by Crippen LogP contribution is 2.38. The Morgan fingerprint density at radius 1 is 1.11 bits per heavy atom. The molecule has 3 aromatic carbocycles. The Kier molecular flexibility index (Phi) is 8.54. The largest absolute Gasteiger partial charge is 0.508 e. The number of anilines is 1. The topological polar surface area (TPSA) is 131 Å². The second-order valence-corrected chi connectivity index (χ2v) is 11.1. The van der Waals surface area contributed by atoms with Crippen LogP contribution in [0, 0.1) is 12.7 Å². The van der Waals surface area contributed by atoms with E-state index in [1.54, 1.807) is 4.68 Å². The monoisotopic (exact) mass is 607 g/mol. The van der Waals surface area contributed by atoms with Gasteiger partial charge in [0.15, 0.2) is 5.65 Å². The molecule has 2 aromatic heterocycles. The number of allylic oxidation sites excluding steroid dienone is 1. The SMILES string of the molecule is Cc1ccccc1/C(=C(\OC=O)C(C)n1nc(-c2cc(O)cc(F)c2)c2c(N)ncnc21)c1ccc(CN2CCNCC2)cc1. The Bertz CT molecular complexity index is 1860. The van der Waals surface area contributed by atoms with Gasteiger partial charge in [-0.1, -0.05) is 48.5 Å². The molecule has 11 heteroatoms. The number of nitrogens with two attached hydrogens (primary N) is 1. The van der Waals surface area contributed by atoms with Gasteiger partial charge in [0.05, 0.1) is 5.39 Å². The van der Waals surface area contributed by atoms with E-state index in [1.165, 1.54) is 24.0 Å². The van der Waals surface area contributed by atoms with Crippen LogP contribution in [0.5, 0.6) is 5.75 Å². The minimum Gasteiger partial charge on any atom is -0.508 e. The quantitative estimate of drug-likeness (QED) is 0.159. The summed E-state index contributed by atoms with van der Waals surface area (Å²) in [6.07, 6.45) is 1.32. The van der Waals surface area contributed by atoms with E-state index in [1.807, 2.05) is 50.2 Å². The van der Waals surface area contributed by atoms with E-state index in [-0.39, 0.29) is 17.3 Å². The number of hydrogen-bond donors (Lipinski definition) is 3. The Morgan fingerprint density at radius 2 is 1.87 bits per heavy atom. The summed E-state index contributed by atoms with van der Waals surface area (Å²) in [5.41, 5.74) is 11.9. The minimum atomic E-state index is -0.682. The van der Waals surface area contributed by atoms with Gasteiger partial charge in [-0.3, -0.25) is 9.69 Å². The van der Waals surface area contributed by atoms with Gasteiger partial charge in [-0.15, -0.1) is 0 Å². The van der Waals surface area contributed by atoms with Crippen molar-refractivity contribution in [2.24, 2.45) is 0 Å². The molecule has 230 valence electrons. The van der Waals surface area contributed by atoms with E-state index in [0.29, 0.717) is 28.8 Å². The molecule has 0 amide bonds. The Labute approximate surface area is 260 Å². The van der Waals surface area contributed by atoms with Gasteiger partial charge in [-0.05, 0) is 48.2 Å². The Balaban J connectivity index is 1.52. The number of carbonyl (C=O) groups excluding carboxylic acids is 1. The molecule has 3 heterocycles. The molecule has 1 aliphatic heterocycles. The molecule has 0 bridgehead atoms. The molecule has 4 N–H and O–H groups in total. The van der Waals surface area contributed by atoms with Gasteiger partial charge in [0, 0.05) is 49.9 Å². The van der Waals surface area contributed by atoms with Crippen molar-refractivity contribution in [1.29, 1.82) is 0 Å². The first-order chi connectivity index (χ1) is 21.8. The lowest BCUT2D eigenvalue weighted by Crippen LogP contribution is -2.42. The van der Waals surface area contributed by atoms with Crippen LogP contribution in [-0.4, -0.2) is 62.4 Å².